The molecular formula is C21H18F3IN6O2. The summed E-state index contributed by atoms with van der Waals surface area (Å²) in [6.07, 6.45) is -3.11. The van der Waals surface area contributed by atoms with E-state index in [1.165, 1.54) is 18.3 Å². The quantitative estimate of drug-likeness (QED) is 0.262. The number of primary amides is 1. The van der Waals surface area contributed by atoms with Gasteiger partial charge in [-0.3, -0.25) is 4.79 Å². The number of urea groups is 1. The third kappa shape index (κ3) is 6.09. The van der Waals surface area contributed by atoms with Crippen LogP contribution in [0.15, 0.2) is 48.7 Å². The predicted octanol–water partition coefficient (Wildman–Crippen LogP) is 4.10. The maximum Gasteiger partial charge on any atom is 0.416 e. The van der Waals surface area contributed by atoms with Gasteiger partial charge >= 0.3 is 12.2 Å². The van der Waals surface area contributed by atoms with Crippen LogP contribution in [0.4, 0.5) is 29.5 Å². The minimum Gasteiger partial charge on any atom is -0.382 e. The summed E-state index contributed by atoms with van der Waals surface area (Å²) in [6, 6.07) is 9.87. The van der Waals surface area contributed by atoms with Crippen molar-refractivity contribution in [2.45, 2.75) is 17.1 Å². The molecule has 2 aromatic carbocycles. The number of nitrogens with zero attached hydrogens (tertiary/aromatic N) is 2. The SMILES string of the molecule is NC(=O)c1nc(-c2ccc(CNC(=O)Nc3ccc(CI)c(C(F)(F)F)c3)cc2)cnc1N. The molecule has 3 rings (SSSR count). The largest absolute Gasteiger partial charge is 0.416 e. The van der Waals surface area contributed by atoms with Gasteiger partial charge in [-0.2, -0.15) is 13.2 Å². The molecular weight excluding hydrogens is 552 g/mol. The van der Waals surface area contributed by atoms with E-state index >= 15 is 0 Å². The summed E-state index contributed by atoms with van der Waals surface area (Å²) in [5.41, 5.74) is 11.8. The van der Waals surface area contributed by atoms with Crippen LogP contribution in [0, 0.1) is 0 Å². The Bertz CT molecular complexity index is 1190. The van der Waals surface area contributed by atoms with Crippen LogP contribution >= 0.6 is 22.6 Å². The average Bonchev–Trinajstić information content (AvgIpc) is 2.77. The first-order chi connectivity index (χ1) is 15.6. The van der Waals surface area contributed by atoms with Crippen LogP contribution in [-0.4, -0.2) is 21.9 Å². The standard InChI is InChI=1S/C21H18F3IN6O2/c22-21(23,24)15-7-14(6-5-13(15)8-25)30-20(33)29-9-11-1-3-12(4-2-11)16-10-28-18(26)17(31-16)19(27)32/h1-7,10H,8-9H2,(H2,26,28)(H2,27,32)(H2,29,30,33). The van der Waals surface area contributed by atoms with Gasteiger partial charge in [0.2, 0.25) is 0 Å². The number of aromatic nitrogens is 2. The van der Waals surface area contributed by atoms with Crippen LogP contribution in [0.1, 0.15) is 27.2 Å². The molecule has 33 heavy (non-hydrogen) atoms. The van der Waals surface area contributed by atoms with Gasteiger partial charge in [-0.15, -0.1) is 0 Å². The number of rotatable bonds is 6. The smallest absolute Gasteiger partial charge is 0.382 e. The Morgan fingerprint density at radius 1 is 1.09 bits per heavy atom. The summed E-state index contributed by atoms with van der Waals surface area (Å²) < 4.78 is 39.8. The van der Waals surface area contributed by atoms with Crippen LogP contribution in [0.2, 0.25) is 0 Å². The van der Waals surface area contributed by atoms with Gasteiger partial charge in [0.25, 0.3) is 5.91 Å². The molecule has 0 bridgehead atoms. The van der Waals surface area contributed by atoms with Crippen molar-refractivity contribution in [2.24, 2.45) is 5.73 Å². The lowest BCUT2D eigenvalue weighted by atomic mass is 10.1. The number of halogens is 4. The predicted molar refractivity (Wildman–Crippen MR) is 125 cm³/mol. The molecule has 0 unspecified atom stereocenters. The minimum atomic E-state index is -4.51. The number of amides is 3. The first-order valence-electron chi connectivity index (χ1n) is 9.41. The molecule has 1 aromatic heterocycles. The van der Waals surface area contributed by atoms with Crippen molar-refractivity contribution in [1.29, 1.82) is 0 Å². The number of anilines is 2. The van der Waals surface area contributed by atoms with Crippen molar-refractivity contribution < 1.29 is 22.8 Å². The van der Waals surface area contributed by atoms with Gasteiger partial charge in [-0.05, 0) is 23.3 Å². The lowest BCUT2D eigenvalue weighted by Crippen LogP contribution is -2.28. The number of hydrogen-bond donors (Lipinski definition) is 4. The number of nitrogens with two attached hydrogens (primary N) is 2. The summed E-state index contributed by atoms with van der Waals surface area (Å²) in [7, 11) is 0. The van der Waals surface area contributed by atoms with Crippen molar-refractivity contribution >= 4 is 46.0 Å². The van der Waals surface area contributed by atoms with E-state index in [1.54, 1.807) is 24.3 Å². The number of nitrogens with one attached hydrogen (secondary N) is 2. The molecule has 0 saturated carbocycles. The van der Waals surface area contributed by atoms with E-state index in [2.05, 4.69) is 20.6 Å². The topological polar surface area (TPSA) is 136 Å². The van der Waals surface area contributed by atoms with E-state index in [9.17, 15) is 22.8 Å². The highest BCUT2D eigenvalue weighted by Gasteiger charge is 2.33. The van der Waals surface area contributed by atoms with Gasteiger partial charge in [-0.1, -0.05) is 52.9 Å². The summed E-state index contributed by atoms with van der Waals surface area (Å²) in [5, 5.41) is 5.00. The molecule has 0 fully saturated rings. The van der Waals surface area contributed by atoms with Crippen LogP contribution in [0.5, 0.6) is 0 Å². The Labute approximate surface area is 200 Å². The average molecular weight is 570 g/mol. The maximum atomic E-state index is 13.2. The highest BCUT2D eigenvalue weighted by Crippen LogP contribution is 2.34. The summed E-state index contributed by atoms with van der Waals surface area (Å²) in [6.45, 7) is 0.129. The Morgan fingerprint density at radius 3 is 2.39 bits per heavy atom. The van der Waals surface area contributed by atoms with E-state index in [4.69, 9.17) is 11.5 Å². The third-order valence-electron chi connectivity index (χ3n) is 4.55. The van der Waals surface area contributed by atoms with E-state index < -0.39 is 23.7 Å². The molecule has 1 heterocycles. The number of nitrogen functional groups attached to an aromatic ring is 1. The van der Waals surface area contributed by atoms with Crippen molar-refractivity contribution in [3.05, 3.63) is 71.0 Å². The van der Waals surface area contributed by atoms with Crippen LogP contribution < -0.4 is 22.1 Å². The van der Waals surface area contributed by atoms with E-state index in [1.807, 2.05) is 22.6 Å². The summed E-state index contributed by atoms with van der Waals surface area (Å²) in [5.74, 6) is -0.857. The lowest BCUT2D eigenvalue weighted by Gasteiger charge is -2.14. The second-order valence-corrected chi connectivity index (χ2v) is 7.62. The highest BCUT2D eigenvalue weighted by atomic mass is 127. The molecule has 0 aliphatic heterocycles. The van der Waals surface area contributed by atoms with Gasteiger partial charge in [0.05, 0.1) is 17.5 Å². The number of carbonyl (C=O) groups is 2. The van der Waals surface area contributed by atoms with Crippen molar-refractivity contribution in [1.82, 2.24) is 15.3 Å². The molecule has 3 amide bonds. The van der Waals surface area contributed by atoms with Gasteiger partial charge < -0.3 is 22.1 Å². The number of alkyl halides is 4. The molecule has 0 atom stereocenters. The first-order valence-corrected chi connectivity index (χ1v) is 10.9. The molecule has 0 aliphatic carbocycles. The number of hydrogen-bond acceptors (Lipinski definition) is 5. The molecule has 0 spiro atoms. The van der Waals surface area contributed by atoms with Gasteiger partial charge in [-0.25, -0.2) is 14.8 Å². The molecule has 0 aliphatic rings. The second-order valence-electron chi connectivity index (χ2n) is 6.86. The van der Waals surface area contributed by atoms with E-state index in [0.717, 1.165) is 11.6 Å². The normalized spacial score (nSPS) is 11.2. The van der Waals surface area contributed by atoms with Crippen molar-refractivity contribution in [3.63, 3.8) is 0 Å². The van der Waals surface area contributed by atoms with Crippen LogP contribution in [0.25, 0.3) is 11.3 Å². The molecule has 3 aromatic rings. The minimum absolute atomic E-state index is 0.0379. The number of benzene rings is 2. The lowest BCUT2D eigenvalue weighted by molar-refractivity contribution is -0.138. The fourth-order valence-electron chi connectivity index (χ4n) is 2.90. The zero-order valence-corrected chi connectivity index (χ0v) is 19.1. The highest BCUT2D eigenvalue weighted by molar-refractivity contribution is 14.1. The monoisotopic (exact) mass is 570 g/mol. The third-order valence-corrected chi connectivity index (χ3v) is 5.38. The van der Waals surface area contributed by atoms with Crippen LogP contribution in [0.3, 0.4) is 0 Å². The first kappa shape index (κ1) is 24.2. The maximum absolute atomic E-state index is 13.2. The molecule has 0 saturated heterocycles. The fourth-order valence-corrected chi connectivity index (χ4v) is 3.57. The van der Waals surface area contributed by atoms with Crippen molar-refractivity contribution in [2.75, 3.05) is 11.1 Å². The van der Waals surface area contributed by atoms with Gasteiger partial charge in [0.15, 0.2) is 11.5 Å². The zero-order chi connectivity index (χ0) is 24.2. The van der Waals surface area contributed by atoms with E-state index in [0.29, 0.717) is 11.3 Å². The summed E-state index contributed by atoms with van der Waals surface area (Å²) >= 11 is 1.85. The zero-order valence-electron chi connectivity index (χ0n) is 16.9. The molecule has 172 valence electrons. The van der Waals surface area contributed by atoms with Gasteiger partial charge in [0, 0.05) is 22.2 Å². The number of carbonyl (C=O) groups excluding carboxylic acids is 2. The van der Waals surface area contributed by atoms with Crippen LogP contribution in [-0.2, 0) is 17.1 Å². The van der Waals surface area contributed by atoms with Crippen molar-refractivity contribution in [3.8, 4) is 11.3 Å². The second kappa shape index (κ2) is 10.0. The fraction of sp³-hybridized carbons (Fsp3) is 0.143. The van der Waals surface area contributed by atoms with E-state index in [-0.39, 0.29) is 33.7 Å². The molecule has 0 radical (unpaired) electrons. The Hall–Kier alpha value is -3.42. The molecule has 12 heteroatoms. The molecule has 8 nitrogen and oxygen atoms in total. The molecule has 6 N–H and O–H groups in total. The Morgan fingerprint density at radius 2 is 1.79 bits per heavy atom. The van der Waals surface area contributed by atoms with Gasteiger partial charge in [0.1, 0.15) is 0 Å². The summed E-state index contributed by atoms with van der Waals surface area (Å²) in [4.78, 5) is 31.5. The Balaban J connectivity index is 1.64. The Kier molecular flexibility index (Phi) is 7.36.